The highest BCUT2D eigenvalue weighted by atomic mass is 16.4. The fourth-order valence-corrected chi connectivity index (χ4v) is 2.11. The van der Waals surface area contributed by atoms with E-state index < -0.39 is 17.9 Å². The lowest BCUT2D eigenvalue weighted by atomic mass is 10.1. The number of primary amides is 1. The Hall–Kier alpha value is -1.63. The van der Waals surface area contributed by atoms with Gasteiger partial charge in [-0.1, -0.05) is 6.42 Å². The van der Waals surface area contributed by atoms with Gasteiger partial charge >= 0.3 is 5.97 Å². The number of hydrogen-bond acceptors (Lipinski definition) is 4. The van der Waals surface area contributed by atoms with Crippen LogP contribution in [0.3, 0.4) is 0 Å². The molecule has 19 heavy (non-hydrogen) atoms. The Labute approximate surface area is 112 Å². The second-order valence-corrected chi connectivity index (χ2v) is 4.78. The minimum atomic E-state index is -1.25. The number of nitrogens with two attached hydrogens (primary N) is 1. The number of rotatable bonds is 7. The lowest BCUT2D eigenvalue weighted by Crippen LogP contribution is -2.44. The Morgan fingerprint density at radius 2 is 1.84 bits per heavy atom. The van der Waals surface area contributed by atoms with Crippen molar-refractivity contribution in [2.75, 3.05) is 19.6 Å². The Morgan fingerprint density at radius 1 is 1.21 bits per heavy atom. The first-order valence-electron chi connectivity index (χ1n) is 6.52. The number of nitrogens with one attached hydrogen (secondary N) is 1. The molecule has 1 atom stereocenters. The van der Waals surface area contributed by atoms with E-state index in [0.29, 0.717) is 6.54 Å². The second kappa shape index (κ2) is 7.73. The van der Waals surface area contributed by atoms with Crippen molar-refractivity contribution in [2.45, 2.75) is 38.1 Å². The third-order valence-corrected chi connectivity index (χ3v) is 3.14. The Morgan fingerprint density at radius 3 is 2.37 bits per heavy atom. The van der Waals surface area contributed by atoms with Crippen LogP contribution in [0.15, 0.2) is 0 Å². The molecule has 1 rings (SSSR count). The van der Waals surface area contributed by atoms with Crippen LogP contribution in [0.1, 0.15) is 32.1 Å². The number of nitrogens with zero attached hydrogens (tertiary/aromatic N) is 1. The van der Waals surface area contributed by atoms with Gasteiger partial charge in [0.1, 0.15) is 6.04 Å². The van der Waals surface area contributed by atoms with Gasteiger partial charge in [-0.15, -0.1) is 0 Å². The topological polar surface area (TPSA) is 113 Å². The molecule has 0 aromatic carbocycles. The summed E-state index contributed by atoms with van der Waals surface area (Å²) in [5, 5.41) is 11.2. The summed E-state index contributed by atoms with van der Waals surface area (Å²) in [4.78, 5) is 35.4. The number of carbonyl (C=O) groups excluding carboxylic acids is 2. The van der Waals surface area contributed by atoms with E-state index in [1.807, 2.05) is 0 Å². The van der Waals surface area contributed by atoms with Gasteiger partial charge < -0.3 is 21.1 Å². The Balaban J connectivity index is 2.31. The highest BCUT2D eigenvalue weighted by molar-refractivity contribution is 5.88. The summed E-state index contributed by atoms with van der Waals surface area (Å²) < 4.78 is 0. The van der Waals surface area contributed by atoms with Gasteiger partial charge in [-0.2, -0.15) is 0 Å². The molecule has 0 radical (unpaired) electrons. The molecule has 1 heterocycles. The van der Waals surface area contributed by atoms with Crippen molar-refractivity contribution in [3.63, 3.8) is 0 Å². The van der Waals surface area contributed by atoms with E-state index >= 15 is 0 Å². The quantitative estimate of drug-likeness (QED) is 0.567. The Kier molecular flexibility index (Phi) is 6.27. The molecule has 1 aliphatic heterocycles. The molecule has 0 spiro atoms. The number of aliphatic carboxylic acids is 1. The highest BCUT2D eigenvalue weighted by Gasteiger charge is 2.22. The molecule has 108 valence electrons. The minimum absolute atomic E-state index is 0.239. The van der Waals surface area contributed by atoms with Crippen LogP contribution < -0.4 is 11.1 Å². The zero-order chi connectivity index (χ0) is 14.3. The molecule has 0 aromatic rings. The molecule has 7 heteroatoms. The van der Waals surface area contributed by atoms with Crippen molar-refractivity contribution in [3.8, 4) is 0 Å². The van der Waals surface area contributed by atoms with Crippen molar-refractivity contribution in [1.29, 1.82) is 0 Å². The number of amides is 2. The molecule has 7 nitrogen and oxygen atoms in total. The first kappa shape index (κ1) is 15.4. The van der Waals surface area contributed by atoms with Crippen LogP contribution in [0, 0.1) is 0 Å². The SMILES string of the molecule is NC(=O)CC(NC(=O)CCN1CCCCC1)C(=O)O. The number of carboxylic acids is 1. The van der Waals surface area contributed by atoms with Crippen molar-refractivity contribution in [2.24, 2.45) is 5.73 Å². The van der Waals surface area contributed by atoms with Gasteiger partial charge in [0.2, 0.25) is 11.8 Å². The van der Waals surface area contributed by atoms with Crippen LogP contribution in [0.2, 0.25) is 0 Å². The van der Waals surface area contributed by atoms with Crippen LogP contribution >= 0.6 is 0 Å². The minimum Gasteiger partial charge on any atom is -0.480 e. The molecule has 4 N–H and O–H groups in total. The van der Waals surface area contributed by atoms with Crippen LogP contribution in [0.4, 0.5) is 0 Å². The van der Waals surface area contributed by atoms with Gasteiger partial charge in [0, 0.05) is 13.0 Å². The highest BCUT2D eigenvalue weighted by Crippen LogP contribution is 2.08. The molecule has 1 unspecified atom stereocenters. The summed E-state index contributed by atoms with van der Waals surface area (Å²) >= 11 is 0. The predicted molar refractivity (Wildman–Crippen MR) is 68.3 cm³/mol. The van der Waals surface area contributed by atoms with E-state index in [4.69, 9.17) is 10.8 Å². The summed E-state index contributed by atoms with van der Waals surface area (Å²) in [6, 6.07) is -1.23. The van der Waals surface area contributed by atoms with E-state index in [1.54, 1.807) is 0 Å². The number of carbonyl (C=O) groups is 3. The first-order valence-corrected chi connectivity index (χ1v) is 6.52. The lowest BCUT2D eigenvalue weighted by Gasteiger charge is -2.26. The van der Waals surface area contributed by atoms with Crippen molar-refractivity contribution in [3.05, 3.63) is 0 Å². The van der Waals surface area contributed by atoms with E-state index in [-0.39, 0.29) is 18.7 Å². The van der Waals surface area contributed by atoms with Gasteiger partial charge in [-0.05, 0) is 25.9 Å². The molecule has 0 saturated carbocycles. The second-order valence-electron chi connectivity index (χ2n) is 4.78. The predicted octanol–water partition coefficient (Wildman–Crippen LogP) is -0.693. The fourth-order valence-electron chi connectivity index (χ4n) is 2.11. The fraction of sp³-hybridized carbons (Fsp3) is 0.750. The number of carboxylic acid groups (broad SMARTS) is 1. The smallest absolute Gasteiger partial charge is 0.326 e. The third kappa shape index (κ3) is 6.19. The molecule has 1 fully saturated rings. The summed E-state index contributed by atoms with van der Waals surface area (Å²) in [7, 11) is 0. The monoisotopic (exact) mass is 271 g/mol. The Bertz CT molecular complexity index is 340. The largest absolute Gasteiger partial charge is 0.480 e. The van der Waals surface area contributed by atoms with Crippen molar-refractivity contribution >= 4 is 17.8 Å². The summed E-state index contributed by atoms with van der Waals surface area (Å²) in [6.45, 7) is 2.59. The van der Waals surface area contributed by atoms with E-state index in [1.165, 1.54) is 6.42 Å². The molecule has 1 saturated heterocycles. The number of hydrogen-bond donors (Lipinski definition) is 3. The zero-order valence-corrected chi connectivity index (χ0v) is 10.9. The van der Waals surface area contributed by atoms with Gasteiger partial charge in [0.25, 0.3) is 0 Å². The summed E-state index contributed by atoms with van der Waals surface area (Å²) in [5.41, 5.74) is 4.94. The van der Waals surface area contributed by atoms with Crippen molar-refractivity contribution < 1.29 is 19.5 Å². The molecule has 0 aromatic heterocycles. The summed E-state index contributed by atoms with van der Waals surface area (Å²) in [6.07, 6.45) is 3.36. The zero-order valence-electron chi connectivity index (χ0n) is 10.9. The molecule has 1 aliphatic rings. The molecular formula is C12H21N3O4. The standard InChI is InChI=1S/C12H21N3O4/c13-10(16)8-9(12(18)19)14-11(17)4-7-15-5-2-1-3-6-15/h9H,1-8H2,(H2,13,16)(H,14,17)(H,18,19). The van der Waals surface area contributed by atoms with E-state index in [0.717, 1.165) is 25.9 Å². The number of likely N-dealkylation sites (tertiary alicyclic amines) is 1. The maximum Gasteiger partial charge on any atom is 0.326 e. The molecule has 0 aliphatic carbocycles. The van der Waals surface area contributed by atoms with Crippen molar-refractivity contribution in [1.82, 2.24) is 10.2 Å². The molecular weight excluding hydrogens is 250 g/mol. The molecule has 0 bridgehead atoms. The van der Waals surface area contributed by atoms with Gasteiger partial charge in [-0.3, -0.25) is 9.59 Å². The summed E-state index contributed by atoms with van der Waals surface area (Å²) in [5.74, 6) is -2.35. The number of piperidine rings is 1. The van der Waals surface area contributed by atoms with E-state index in [9.17, 15) is 14.4 Å². The van der Waals surface area contributed by atoms with E-state index in [2.05, 4.69) is 10.2 Å². The van der Waals surface area contributed by atoms with Gasteiger partial charge in [0.05, 0.1) is 6.42 Å². The average molecular weight is 271 g/mol. The maximum absolute atomic E-state index is 11.6. The molecule has 2 amide bonds. The normalized spacial score (nSPS) is 17.7. The van der Waals surface area contributed by atoms with Gasteiger partial charge in [0.15, 0.2) is 0 Å². The third-order valence-electron chi connectivity index (χ3n) is 3.14. The maximum atomic E-state index is 11.6. The van der Waals surface area contributed by atoms with Gasteiger partial charge in [-0.25, -0.2) is 4.79 Å². The lowest BCUT2D eigenvalue weighted by molar-refractivity contribution is -0.143. The first-order chi connectivity index (χ1) is 8.99. The van der Waals surface area contributed by atoms with Crippen LogP contribution in [0.25, 0.3) is 0 Å². The average Bonchev–Trinajstić information content (AvgIpc) is 2.36. The van der Waals surface area contributed by atoms with Crippen LogP contribution in [-0.2, 0) is 14.4 Å². The van der Waals surface area contributed by atoms with Crippen LogP contribution in [-0.4, -0.2) is 53.5 Å². The van der Waals surface area contributed by atoms with Crippen LogP contribution in [0.5, 0.6) is 0 Å².